The summed E-state index contributed by atoms with van der Waals surface area (Å²) in [4.78, 5) is 22.6. The van der Waals surface area contributed by atoms with Crippen LogP contribution < -0.4 is 11.3 Å². The van der Waals surface area contributed by atoms with Crippen molar-refractivity contribution in [1.82, 2.24) is 19.5 Å². The number of nitrogens with one attached hydrogen (secondary N) is 1. The predicted molar refractivity (Wildman–Crippen MR) is 141 cm³/mol. The zero-order valence-corrected chi connectivity index (χ0v) is 22.1. The molecule has 0 saturated carbocycles. The summed E-state index contributed by atoms with van der Waals surface area (Å²) in [6, 6.07) is 0. The zero-order valence-electron chi connectivity index (χ0n) is 22.1. The van der Waals surface area contributed by atoms with Gasteiger partial charge in [-0.25, -0.2) is 4.98 Å². The zero-order chi connectivity index (χ0) is 26.7. The van der Waals surface area contributed by atoms with E-state index in [0.29, 0.717) is 6.42 Å². The molecule has 3 heterocycles. The molecule has 37 heavy (non-hydrogen) atoms. The molecular weight excluding hydrogens is 478 g/mol. The molecule has 0 bridgehead atoms. The lowest BCUT2D eigenvalue weighted by atomic mass is 10.0. The van der Waals surface area contributed by atoms with E-state index in [0.717, 1.165) is 12.8 Å². The second-order valence-electron chi connectivity index (χ2n) is 10.1. The summed E-state index contributed by atoms with van der Waals surface area (Å²) in [5.74, 6) is -2.28. The number of hydrogen-bond acceptors (Lipinski definition) is 9. The average molecular weight is 524 g/mol. The van der Waals surface area contributed by atoms with Gasteiger partial charge in [-0.05, 0) is 6.42 Å². The first kappa shape index (κ1) is 29.5. The number of ether oxygens (including phenoxy) is 2. The molecule has 0 amide bonds. The van der Waals surface area contributed by atoms with Gasteiger partial charge in [-0.1, -0.05) is 90.4 Å². The molecule has 6 N–H and O–H groups in total. The minimum absolute atomic E-state index is 0.00839. The number of aromatic nitrogens is 4. The van der Waals surface area contributed by atoms with Gasteiger partial charge in [0.1, 0.15) is 12.2 Å². The summed E-state index contributed by atoms with van der Waals surface area (Å²) in [5.41, 5.74) is 5.22. The van der Waals surface area contributed by atoms with Crippen LogP contribution in [0, 0.1) is 0 Å². The van der Waals surface area contributed by atoms with E-state index in [1.54, 1.807) is 0 Å². The van der Waals surface area contributed by atoms with Gasteiger partial charge in [-0.15, -0.1) is 0 Å². The second-order valence-corrected chi connectivity index (χ2v) is 10.1. The fraction of sp³-hybridized carbons (Fsp3) is 0.808. The van der Waals surface area contributed by atoms with Crippen molar-refractivity contribution < 1.29 is 24.8 Å². The van der Waals surface area contributed by atoms with E-state index in [9.17, 15) is 20.1 Å². The van der Waals surface area contributed by atoms with Gasteiger partial charge >= 0.3 is 0 Å². The van der Waals surface area contributed by atoms with Crippen LogP contribution in [0.3, 0.4) is 0 Å². The SMILES string of the molecule is CCCCCCCCCCCCCCCCO[C@@]1(O)[C@H](O)[C@@H](CO)O[C@H]1n1cnc2c(=O)[nH]c(N)nc21. The fourth-order valence-corrected chi connectivity index (χ4v) is 4.96. The molecule has 1 aliphatic rings. The van der Waals surface area contributed by atoms with Crippen LogP contribution in [0.1, 0.15) is 103 Å². The number of nitrogens with two attached hydrogens (primary N) is 1. The van der Waals surface area contributed by atoms with Gasteiger partial charge in [0.15, 0.2) is 17.4 Å². The van der Waals surface area contributed by atoms with Crippen molar-refractivity contribution in [2.24, 2.45) is 0 Å². The maximum atomic E-state index is 12.1. The van der Waals surface area contributed by atoms with Crippen LogP contribution in [0.2, 0.25) is 0 Å². The van der Waals surface area contributed by atoms with E-state index in [1.165, 1.54) is 81.5 Å². The van der Waals surface area contributed by atoms with Crippen LogP contribution in [-0.2, 0) is 9.47 Å². The third kappa shape index (κ3) is 7.73. The van der Waals surface area contributed by atoms with Crippen molar-refractivity contribution >= 4 is 17.1 Å². The predicted octanol–water partition coefficient (Wildman–Crippen LogP) is 3.14. The second kappa shape index (κ2) is 14.8. The molecule has 210 valence electrons. The van der Waals surface area contributed by atoms with Crippen molar-refractivity contribution in [3.05, 3.63) is 16.7 Å². The number of unbranched alkanes of at least 4 members (excludes halogenated alkanes) is 13. The molecule has 0 spiro atoms. The summed E-state index contributed by atoms with van der Waals surface area (Å²) in [6.45, 7) is 1.93. The molecule has 3 rings (SSSR count). The minimum Gasteiger partial charge on any atom is -0.394 e. The smallest absolute Gasteiger partial charge is 0.280 e. The lowest BCUT2D eigenvalue weighted by Crippen LogP contribution is -2.49. The Balaban J connectivity index is 1.40. The Morgan fingerprint density at radius 3 is 2.19 bits per heavy atom. The summed E-state index contributed by atoms with van der Waals surface area (Å²) in [7, 11) is 0. The standard InChI is InChI=1S/C26H45N5O6/c1-2-3-4-5-6-7-8-9-10-11-12-13-14-15-16-36-26(35)21(33)19(17-32)37-24(26)31-18-28-20-22(31)29-25(27)30-23(20)34/h18-19,21,24,32-33,35H,2-17H2,1H3,(H3,27,29,30,34)/t19-,21-,24-,26+/m1/s1. The molecule has 1 saturated heterocycles. The Labute approximate surface area is 218 Å². The number of H-pyrrole nitrogens is 1. The first-order valence-electron chi connectivity index (χ1n) is 14.0. The number of nitrogen functional groups attached to an aromatic ring is 1. The van der Waals surface area contributed by atoms with Crippen LogP contribution in [0.25, 0.3) is 11.2 Å². The fourth-order valence-electron chi connectivity index (χ4n) is 4.96. The molecule has 1 fully saturated rings. The Morgan fingerprint density at radius 1 is 1.05 bits per heavy atom. The van der Waals surface area contributed by atoms with E-state index in [-0.39, 0.29) is 23.7 Å². The normalized spacial score (nSPS) is 23.8. The van der Waals surface area contributed by atoms with E-state index in [4.69, 9.17) is 15.2 Å². The van der Waals surface area contributed by atoms with Crippen molar-refractivity contribution in [3.8, 4) is 0 Å². The molecular formula is C26H45N5O6. The van der Waals surface area contributed by atoms with Gasteiger partial charge in [0.2, 0.25) is 11.7 Å². The van der Waals surface area contributed by atoms with Gasteiger partial charge in [-0.2, -0.15) is 4.98 Å². The quantitative estimate of drug-likeness (QED) is 0.145. The molecule has 1 aliphatic heterocycles. The van der Waals surface area contributed by atoms with Crippen molar-refractivity contribution in [2.45, 2.75) is 121 Å². The third-order valence-corrected chi connectivity index (χ3v) is 7.15. The molecule has 11 nitrogen and oxygen atoms in total. The van der Waals surface area contributed by atoms with Crippen LogP contribution in [0.15, 0.2) is 11.1 Å². The van der Waals surface area contributed by atoms with E-state index < -0.39 is 36.4 Å². The van der Waals surface area contributed by atoms with Gasteiger partial charge in [0.25, 0.3) is 5.56 Å². The number of imidazole rings is 1. The molecule has 0 radical (unpaired) electrons. The van der Waals surface area contributed by atoms with Crippen LogP contribution in [0.4, 0.5) is 5.95 Å². The molecule has 2 aromatic rings. The number of hydrogen-bond donors (Lipinski definition) is 5. The summed E-state index contributed by atoms with van der Waals surface area (Å²) in [5, 5.41) is 31.6. The van der Waals surface area contributed by atoms with Gasteiger partial charge in [-0.3, -0.25) is 14.3 Å². The number of rotatable bonds is 18. The van der Waals surface area contributed by atoms with Crippen LogP contribution in [-0.4, -0.2) is 66.0 Å². The highest BCUT2D eigenvalue weighted by molar-refractivity contribution is 5.70. The number of nitrogens with zero attached hydrogens (tertiary/aromatic N) is 3. The Hall–Kier alpha value is -2.05. The number of aromatic amines is 1. The van der Waals surface area contributed by atoms with Crippen LogP contribution in [0.5, 0.6) is 0 Å². The molecule has 0 aromatic carbocycles. The lowest BCUT2D eigenvalue weighted by Gasteiger charge is -2.31. The summed E-state index contributed by atoms with van der Waals surface area (Å²) < 4.78 is 12.8. The Kier molecular flexibility index (Phi) is 11.8. The largest absolute Gasteiger partial charge is 0.394 e. The first-order valence-corrected chi connectivity index (χ1v) is 14.0. The monoisotopic (exact) mass is 523 g/mol. The van der Waals surface area contributed by atoms with Crippen molar-refractivity contribution in [1.29, 1.82) is 0 Å². The van der Waals surface area contributed by atoms with E-state index in [1.807, 2.05) is 0 Å². The average Bonchev–Trinajstić information content (AvgIpc) is 3.40. The van der Waals surface area contributed by atoms with Gasteiger partial charge in [0.05, 0.1) is 19.5 Å². The first-order chi connectivity index (χ1) is 17.9. The molecule has 4 atom stereocenters. The van der Waals surface area contributed by atoms with Crippen LogP contribution >= 0.6 is 0 Å². The third-order valence-electron chi connectivity index (χ3n) is 7.15. The molecule has 0 unspecified atom stereocenters. The highest BCUT2D eigenvalue weighted by Gasteiger charge is 2.58. The number of aliphatic hydroxyl groups is 3. The molecule has 0 aliphatic carbocycles. The van der Waals surface area contributed by atoms with Crippen molar-refractivity contribution in [3.63, 3.8) is 0 Å². The maximum Gasteiger partial charge on any atom is 0.280 e. The van der Waals surface area contributed by atoms with Crippen molar-refractivity contribution in [2.75, 3.05) is 18.9 Å². The lowest BCUT2D eigenvalue weighted by molar-refractivity contribution is -0.277. The van der Waals surface area contributed by atoms with E-state index >= 15 is 0 Å². The Morgan fingerprint density at radius 2 is 1.62 bits per heavy atom. The summed E-state index contributed by atoms with van der Waals surface area (Å²) in [6.07, 6.45) is 14.6. The number of aliphatic hydroxyl groups excluding tert-OH is 2. The number of anilines is 1. The van der Waals surface area contributed by atoms with Gasteiger partial charge < -0.3 is 30.5 Å². The maximum absolute atomic E-state index is 12.1. The highest BCUT2D eigenvalue weighted by atomic mass is 16.7. The topological polar surface area (TPSA) is 169 Å². The highest BCUT2D eigenvalue weighted by Crippen LogP contribution is 2.40. The molecule has 2 aromatic heterocycles. The minimum atomic E-state index is -2.16. The Bertz CT molecular complexity index is 997. The number of fused-ring (bicyclic) bond motifs is 1. The summed E-state index contributed by atoms with van der Waals surface area (Å²) >= 11 is 0. The molecule has 11 heteroatoms. The van der Waals surface area contributed by atoms with E-state index in [2.05, 4.69) is 21.9 Å². The van der Waals surface area contributed by atoms with Gasteiger partial charge in [0, 0.05) is 0 Å².